The largest absolute Gasteiger partial charge is 0.379 e. The predicted molar refractivity (Wildman–Crippen MR) is 94.5 cm³/mol. The summed E-state index contributed by atoms with van der Waals surface area (Å²) in [5.41, 5.74) is -0.0758. The van der Waals surface area contributed by atoms with Gasteiger partial charge in [-0.05, 0) is 0 Å². The number of ether oxygens (including phenoxy) is 1. The second-order valence-electron chi connectivity index (χ2n) is 5.07. The Balaban J connectivity index is 1.87. The summed E-state index contributed by atoms with van der Waals surface area (Å²) in [5, 5.41) is 13.6. The van der Waals surface area contributed by atoms with Gasteiger partial charge in [0, 0.05) is 32.5 Å². The predicted octanol–water partition coefficient (Wildman–Crippen LogP) is -0.289. The van der Waals surface area contributed by atoms with Crippen LogP contribution in [0.3, 0.4) is 0 Å². The monoisotopic (exact) mass is 381 g/mol. The molecule has 26 heavy (non-hydrogen) atoms. The number of fused-ring (bicyclic) bond motifs is 1. The molecule has 1 aliphatic carbocycles. The summed E-state index contributed by atoms with van der Waals surface area (Å²) in [7, 11) is 2.94. The molecule has 140 valence electrons. The van der Waals surface area contributed by atoms with Gasteiger partial charge in [-0.1, -0.05) is 0 Å². The molecule has 0 saturated carbocycles. The Kier molecular flexibility index (Phi) is 6.92. The normalized spacial score (nSPS) is 13.1. The van der Waals surface area contributed by atoms with Gasteiger partial charge in [0.1, 0.15) is 11.4 Å². The Morgan fingerprint density at radius 3 is 2.69 bits per heavy atom. The zero-order valence-electron chi connectivity index (χ0n) is 14.3. The number of amides is 3. The van der Waals surface area contributed by atoms with E-state index >= 15 is 0 Å². The number of rotatable bonds is 8. The van der Waals surface area contributed by atoms with Crippen LogP contribution in [0, 0.1) is 0 Å². The molecule has 0 radical (unpaired) electrons. The average Bonchev–Trinajstić information content (AvgIpc) is 3.09. The van der Waals surface area contributed by atoms with Gasteiger partial charge in [0.05, 0.1) is 23.7 Å². The standard InChI is InChI=1S/C15H19N5O5S/c1-16-14(23)12-10-11(19-20-12)8(21)7-9(13(10)22)26-6-5-25-4-3-18-15(24)17-2/h7H,3-6H2,1-2H3,(H,16,23)(H,19,20)(H2,17,18,24). The zero-order valence-corrected chi connectivity index (χ0v) is 15.1. The minimum absolute atomic E-state index is 0.00459. The number of Topliss-reactive ketones (excluding diaryl/α,β-unsaturated/α-hetero) is 1. The maximum atomic E-state index is 12.6. The van der Waals surface area contributed by atoms with Crippen LogP contribution in [0.2, 0.25) is 0 Å². The Morgan fingerprint density at radius 1 is 1.23 bits per heavy atom. The molecule has 1 heterocycles. The number of allylic oxidation sites excluding steroid dienone is 2. The molecular weight excluding hydrogens is 362 g/mol. The van der Waals surface area contributed by atoms with Crippen molar-refractivity contribution >= 4 is 35.3 Å². The van der Waals surface area contributed by atoms with Crippen LogP contribution in [-0.2, 0) is 4.74 Å². The van der Waals surface area contributed by atoms with E-state index < -0.39 is 17.5 Å². The number of aromatic amines is 1. The van der Waals surface area contributed by atoms with E-state index in [0.29, 0.717) is 25.5 Å². The fourth-order valence-corrected chi connectivity index (χ4v) is 3.00. The first-order valence-electron chi connectivity index (χ1n) is 7.76. The molecule has 2 rings (SSSR count). The van der Waals surface area contributed by atoms with Crippen LogP contribution >= 0.6 is 11.8 Å². The molecule has 0 atom stereocenters. The number of H-pyrrole nitrogens is 1. The van der Waals surface area contributed by atoms with Crippen molar-refractivity contribution in [2.75, 3.05) is 39.6 Å². The molecule has 0 saturated heterocycles. The van der Waals surface area contributed by atoms with Gasteiger partial charge in [0.15, 0.2) is 0 Å². The molecule has 0 bridgehead atoms. The molecular formula is C15H19N5O5S. The number of nitrogens with one attached hydrogen (secondary N) is 4. The molecule has 1 aliphatic rings. The Labute approximate surface area is 153 Å². The minimum Gasteiger partial charge on any atom is -0.379 e. The highest BCUT2D eigenvalue weighted by molar-refractivity contribution is 8.04. The smallest absolute Gasteiger partial charge is 0.314 e. The summed E-state index contributed by atoms with van der Waals surface area (Å²) in [6, 6.07) is -0.290. The third-order valence-electron chi connectivity index (χ3n) is 3.41. The summed E-state index contributed by atoms with van der Waals surface area (Å²) in [5.74, 6) is -0.923. The molecule has 1 aromatic rings. The van der Waals surface area contributed by atoms with Gasteiger partial charge in [0.2, 0.25) is 11.6 Å². The van der Waals surface area contributed by atoms with E-state index in [9.17, 15) is 19.2 Å². The van der Waals surface area contributed by atoms with Crippen LogP contribution < -0.4 is 16.0 Å². The first-order chi connectivity index (χ1) is 12.5. The summed E-state index contributed by atoms with van der Waals surface area (Å²) in [4.78, 5) is 47.7. The first kappa shape index (κ1) is 19.7. The maximum Gasteiger partial charge on any atom is 0.314 e. The molecule has 0 unspecified atom stereocenters. The number of hydrogen-bond donors (Lipinski definition) is 4. The first-order valence-corrected chi connectivity index (χ1v) is 8.75. The van der Waals surface area contributed by atoms with Gasteiger partial charge in [-0.15, -0.1) is 11.8 Å². The van der Waals surface area contributed by atoms with Gasteiger partial charge in [-0.3, -0.25) is 19.5 Å². The van der Waals surface area contributed by atoms with E-state index in [1.807, 2.05) is 0 Å². The Hall–Kier alpha value is -2.66. The Bertz CT molecular complexity index is 758. The molecule has 0 aromatic carbocycles. The van der Waals surface area contributed by atoms with Crippen LogP contribution in [0.5, 0.6) is 0 Å². The number of urea groups is 1. The second-order valence-corrected chi connectivity index (χ2v) is 6.21. The van der Waals surface area contributed by atoms with E-state index in [0.717, 1.165) is 0 Å². The lowest BCUT2D eigenvalue weighted by Crippen LogP contribution is -2.35. The van der Waals surface area contributed by atoms with Crippen molar-refractivity contribution in [1.29, 1.82) is 0 Å². The number of carbonyl (C=O) groups is 4. The van der Waals surface area contributed by atoms with Crippen LogP contribution in [0.15, 0.2) is 11.0 Å². The van der Waals surface area contributed by atoms with Gasteiger partial charge in [-0.2, -0.15) is 5.10 Å². The van der Waals surface area contributed by atoms with Crippen molar-refractivity contribution in [2.45, 2.75) is 0 Å². The number of aromatic nitrogens is 2. The molecule has 0 aliphatic heterocycles. The topological polar surface area (TPSA) is 142 Å². The number of nitrogens with zero attached hydrogens (tertiary/aromatic N) is 1. The summed E-state index contributed by atoms with van der Waals surface area (Å²) in [6.07, 6.45) is 1.22. The van der Waals surface area contributed by atoms with Gasteiger partial charge in [0.25, 0.3) is 5.91 Å². The summed E-state index contributed by atoms with van der Waals surface area (Å²) in [6.45, 7) is 1.02. The van der Waals surface area contributed by atoms with Crippen molar-refractivity contribution in [3.63, 3.8) is 0 Å². The molecule has 4 N–H and O–H groups in total. The third-order valence-corrected chi connectivity index (χ3v) is 4.40. The molecule has 1 aromatic heterocycles. The van der Waals surface area contributed by atoms with Crippen molar-refractivity contribution in [1.82, 2.24) is 26.1 Å². The summed E-state index contributed by atoms with van der Waals surface area (Å²) < 4.78 is 5.35. The number of ketones is 2. The quantitative estimate of drug-likeness (QED) is 0.453. The minimum atomic E-state index is -0.516. The highest BCUT2D eigenvalue weighted by atomic mass is 32.2. The van der Waals surface area contributed by atoms with Gasteiger partial charge in [-0.25, -0.2) is 4.79 Å². The highest BCUT2D eigenvalue weighted by Gasteiger charge is 2.33. The number of carbonyl (C=O) groups excluding carboxylic acids is 4. The Morgan fingerprint density at radius 2 is 2.00 bits per heavy atom. The fourth-order valence-electron chi connectivity index (χ4n) is 2.15. The van der Waals surface area contributed by atoms with E-state index in [1.165, 1.54) is 31.9 Å². The second kappa shape index (κ2) is 9.15. The molecule has 11 heteroatoms. The average molecular weight is 381 g/mol. The van der Waals surface area contributed by atoms with Crippen LogP contribution in [0.4, 0.5) is 4.79 Å². The number of thioether (sulfide) groups is 1. The van der Waals surface area contributed by atoms with E-state index in [2.05, 4.69) is 26.1 Å². The van der Waals surface area contributed by atoms with Crippen LogP contribution in [0.25, 0.3) is 0 Å². The van der Waals surface area contributed by atoms with Crippen LogP contribution in [-0.4, -0.2) is 73.3 Å². The SMILES string of the molecule is CNC(=O)NCCOCCSC1=CC(=O)c2n[nH]c(C(=O)NC)c2C1=O. The maximum absolute atomic E-state index is 12.6. The third kappa shape index (κ3) is 4.49. The molecule has 0 spiro atoms. The van der Waals surface area contributed by atoms with Crippen molar-refractivity contribution in [2.24, 2.45) is 0 Å². The van der Waals surface area contributed by atoms with Crippen LogP contribution in [0.1, 0.15) is 31.3 Å². The molecule has 0 fully saturated rings. The van der Waals surface area contributed by atoms with Gasteiger partial charge >= 0.3 is 6.03 Å². The highest BCUT2D eigenvalue weighted by Crippen LogP contribution is 2.29. The van der Waals surface area contributed by atoms with E-state index in [1.54, 1.807) is 0 Å². The lowest BCUT2D eigenvalue weighted by atomic mass is 9.99. The zero-order chi connectivity index (χ0) is 19.1. The number of hydrogen-bond acceptors (Lipinski definition) is 7. The van der Waals surface area contributed by atoms with Crippen molar-refractivity contribution in [3.05, 3.63) is 27.9 Å². The fraction of sp³-hybridized carbons (Fsp3) is 0.400. The lowest BCUT2D eigenvalue weighted by molar-refractivity contribution is 0.0945. The lowest BCUT2D eigenvalue weighted by Gasteiger charge is -2.12. The van der Waals surface area contributed by atoms with Gasteiger partial charge < -0.3 is 20.7 Å². The van der Waals surface area contributed by atoms with E-state index in [4.69, 9.17) is 4.74 Å². The van der Waals surface area contributed by atoms with E-state index in [-0.39, 0.29) is 27.9 Å². The summed E-state index contributed by atoms with van der Waals surface area (Å²) >= 11 is 1.17. The van der Waals surface area contributed by atoms with Crippen molar-refractivity contribution in [3.8, 4) is 0 Å². The molecule has 3 amide bonds. The van der Waals surface area contributed by atoms with Crippen molar-refractivity contribution < 1.29 is 23.9 Å². The molecule has 10 nitrogen and oxygen atoms in total.